The number of rotatable bonds is 8. The molecule has 0 spiro atoms. The SMILES string of the molecule is CC(C)(C)OC(=O)N(c1nc(-c2cccc([N+](=O)[O-])c2)ns1)c1ccc2c(cnn2C(=O)OC(C)(C)C)c1Cl.O=[N+]([O-])c1cccc(-c2nsc(Nc3ccc4[nH]ncc4c3Cl)n2)c1. The number of ether oxygens (including phenoxy) is 2. The van der Waals surface area contributed by atoms with E-state index < -0.39 is 33.2 Å². The molecule has 0 atom stereocenters. The Balaban J connectivity index is 0.000000210. The number of carbonyl (C=O) groups is 2. The van der Waals surface area contributed by atoms with Gasteiger partial charge < -0.3 is 14.8 Å². The van der Waals surface area contributed by atoms with E-state index in [0.717, 1.165) is 43.5 Å². The zero-order chi connectivity index (χ0) is 46.1. The van der Waals surface area contributed by atoms with E-state index in [9.17, 15) is 29.8 Å². The number of benzene rings is 4. The zero-order valence-corrected chi connectivity index (χ0v) is 37.5. The average Bonchev–Trinajstić information content (AvgIpc) is 4.07. The van der Waals surface area contributed by atoms with Gasteiger partial charge in [-0.1, -0.05) is 47.5 Å². The van der Waals surface area contributed by atoms with Crippen LogP contribution in [0.1, 0.15) is 41.5 Å². The van der Waals surface area contributed by atoms with Crippen molar-refractivity contribution < 1.29 is 28.9 Å². The number of amides is 1. The molecule has 1 amide bonds. The minimum Gasteiger partial charge on any atom is -0.443 e. The maximum absolute atomic E-state index is 13.4. The highest BCUT2D eigenvalue weighted by Crippen LogP contribution is 2.40. The smallest absolute Gasteiger partial charge is 0.435 e. The van der Waals surface area contributed by atoms with E-state index in [0.29, 0.717) is 43.7 Å². The lowest BCUT2D eigenvalue weighted by Gasteiger charge is -2.26. The molecule has 0 aliphatic carbocycles. The largest absolute Gasteiger partial charge is 0.443 e. The molecule has 24 heteroatoms. The number of nitro benzene ring substituents is 2. The van der Waals surface area contributed by atoms with Gasteiger partial charge in [0.1, 0.15) is 11.2 Å². The Bertz CT molecular complexity index is 3080. The molecule has 0 aliphatic heterocycles. The summed E-state index contributed by atoms with van der Waals surface area (Å²) >= 11 is 15.2. The second-order valence-electron chi connectivity index (χ2n) is 15.5. The Hall–Kier alpha value is -7.14. The summed E-state index contributed by atoms with van der Waals surface area (Å²) in [5.41, 5.74) is 1.37. The molecular formula is C40H34Cl2N12O8S2. The summed E-state index contributed by atoms with van der Waals surface area (Å²) < 4.78 is 20.7. The number of H-pyrrole nitrogens is 1. The normalized spacial score (nSPS) is 11.5. The van der Waals surface area contributed by atoms with E-state index in [1.165, 1.54) is 42.6 Å². The van der Waals surface area contributed by atoms with Gasteiger partial charge in [0.15, 0.2) is 11.6 Å². The molecule has 0 radical (unpaired) electrons. The third kappa shape index (κ3) is 10.0. The van der Waals surface area contributed by atoms with Gasteiger partial charge >= 0.3 is 12.2 Å². The highest BCUT2D eigenvalue weighted by atomic mass is 35.5. The van der Waals surface area contributed by atoms with Crippen LogP contribution >= 0.6 is 46.3 Å². The molecule has 2 N–H and O–H groups in total. The molecule has 328 valence electrons. The predicted octanol–water partition coefficient (Wildman–Crippen LogP) is 11.4. The molecule has 8 aromatic rings. The first-order chi connectivity index (χ1) is 30.3. The van der Waals surface area contributed by atoms with E-state index >= 15 is 0 Å². The molecule has 0 saturated heterocycles. The van der Waals surface area contributed by atoms with Crippen LogP contribution in [0.5, 0.6) is 0 Å². The Kier molecular flexibility index (Phi) is 12.6. The summed E-state index contributed by atoms with van der Waals surface area (Å²) in [6, 6.07) is 18.8. The van der Waals surface area contributed by atoms with Crippen LogP contribution < -0.4 is 10.2 Å². The van der Waals surface area contributed by atoms with Crippen molar-refractivity contribution >= 4 is 113 Å². The molecule has 0 aliphatic rings. The van der Waals surface area contributed by atoms with Crippen LogP contribution in [0.2, 0.25) is 10.0 Å². The molecular weight excluding hydrogens is 912 g/mol. The summed E-state index contributed by atoms with van der Waals surface area (Å²) in [6.07, 6.45) is 1.59. The lowest BCUT2D eigenvalue weighted by Crippen LogP contribution is -2.34. The fourth-order valence-electron chi connectivity index (χ4n) is 5.79. The Labute approximate surface area is 380 Å². The van der Waals surface area contributed by atoms with E-state index in [2.05, 4.69) is 39.3 Å². The van der Waals surface area contributed by atoms with Crippen molar-refractivity contribution in [2.45, 2.75) is 52.7 Å². The topological polar surface area (TPSA) is 252 Å². The van der Waals surface area contributed by atoms with Crippen molar-refractivity contribution in [1.82, 2.24) is 38.7 Å². The van der Waals surface area contributed by atoms with E-state index in [1.54, 1.807) is 72.0 Å². The molecule has 4 heterocycles. The first-order valence-electron chi connectivity index (χ1n) is 18.7. The van der Waals surface area contributed by atoms with Crippen molar-refractivity contribution in [3.05, 3.63) is 115 Å². The third-order valence-corrected chi connectivity index (χ3v) is 10.6. The summed E-state index contributed by atoms with van der Waals surface area (Å²) in [7, 11) is 0. The van der Waals surface area contributed by atoms with Gasteiger partial charge in [-0.2, -0.15) is 33.6 Å². The molecule has 4 aromatic carbocycles. The number of nitro groups is 2. The average molecular weight is 946 g/mol. The van der Waals surface area contributed by atoms with Crippen LogP contribution in [0, 0.1) is 20.2 Å². The summed E-state index contributed by atoms with van der Waals surface area (Å²) in [5, 5.41) is 38.6. The number of carbonyl (C=O) groups excluding carboxylic acids is 2. The summed E-state index contributed by atoms with van der Waals surface area (Å²) in [6.45, 7) is 10.4. The standard InChI is InChI=1S/C25H25ClN6O6S.C15H9ClN6O2S/c1-24(2,3)37-22(33)30(21-28-20(29-39-21)14-8-7-9-15(12-14)32(35)36)18-11-10-17-16(19(18)26)13-27-31(17)23(34)38-25(4,5)6;16-13-10-7-17-20-11(10)4-5-12(13)18-15-19-14(21-25-15)8-2-1-3-9(6-8)22(23)24/h7-13H,1-6H3;1-7H,(H,17,20)(H,18,19,21). The number of halogens is 2. The predicted molar refractivity (Wildman–Crippen MR) is 243 cm³/mol. The lowest BCUT2D eigenvalue weighted by molar-refractivity contribution is -0.385. The fourth-order valence-corrected chi connectivity index (χ4v) is 7.65. The number of nitrogens with one attached hydrogen (secondary N) is 2. The third-order valence-electron chi connectivity index (χ3n) is 8.51. The van der Waals surface area contributed by atoms with Crippen LogP contribution in [0.3, 0.4) is 0 Å². The second-order valence-corrected chi connectivity index (χ2v) is 17.7. The minimum atomic E-state index is -0.846. The number of hydrogen-bond donors (Lipinski definition) is 2. The highest BCUT2D eigenvalue weighted by Gasteiger charge is 2.31. The number of aromatic amines is 1. The first-order valence-corrected chi connectivity index (χ1v) is 21.0. The lowest BCUT2D eigenvalue weighted by atomic mass is 10.2. The van der Waals surface area contributed by atoms with Gasteiger partial charge in [-0.15, -0.1) is 0 Å². The van der Waals surface area contributed by atoms with Crippen molar-refractivity contribution in [2.24, 2.45) is 0 Å². The van der Waals surface area contributed by atoms with Gasteiger partial charge in [-0.25, -0.2) is 14.5 Å². The second kappa shape index (κ2) is 17.9. The highest BCUT2D eigenvalue weighted by molar-refractivity contribution is 7.10. The van der Waals surface area contributed by atoms with Crippen molar-refractivity contribution in [3.8, 4) is 22.8 Å². The monoisotopic (exact) mass is 944 g/mol. The Morgan fingerprint density at radius 2 is 1.41 bits per heavy atom. The van der Waals surface area contributed by atoms with Crippen LogP contribution in [0.4, 0.5) is 42.6 Å². The first kappa shape index (κ1) is 44.9. The Morgan fingerprint density at radius 3 is 2.03 bits per heavy atom. The van der Waals surface area contributed by atoms with E-state index in [1.807, 2.05) is 12.1 Å². The number of fused-ring (bicyclic) bond motifs is 2. The number of hydrogen-bond acceptors (Lipinski definition) is 17. The van der Waals surface area contributed by atoms with Crippen LogP contribution in [-0.2, 0) is 9.47 Å². The van der Waals surface area contributed by atoms with Crippen LogP contribution in [0.25, 0.3) is 44.6 Å². The van der Waals surface area contributed by atoms with Gasteiger partial charge in [-0.05, 0) is 65.8 Å². The summed E-state index contributed by atoms with van der Waals surface area (Å²) in [4.78, 5) is 57.2. The molecule has 8 rings (SSSR count). The fraction of sp³-hybridized carbons (Fsp3) is 0.200. The van der Waals surface area contributed by atoms with E-state index in [4.69, 9.17) is 32.7 Å². The van der Waals surface area contributed by atoms with Gasteiger partial charge in [-0.3, -0.25) is 25.3 Å². The molecule has 64 heavy (non-hydrogen) atoms. The molecule has 0 fully saturated rings. The van der Waals surface area contributed by atoms with Gasteiger partial charge in [0, 0.05) is 69.2 Å². The Morgan fingerprint density at radius 1 is 0.781 bits per heavy atom. The van der Waals surface area contributed by atoms with Crippen molar-refractivity contribution in [3.63, 3.8) is 0 Å². The van der Waals surface area contributed by atoms with Gasteiger partial charge in [0.2, 0.25) is 10.3 Å². The minimum absolute atomic E-state index is 0.00439. The quantitative estimate of drug-likeness (QED) is 0.106. The molecule has 0 bridgehead atoms. The van der Waals surface area contributed by atoms with Crippen LogP contribution in [0.15, 0.2) is 85.2 Å². The van der Waals surface area contributed by atoms with Crippen LogP contribution in [-0.4, -0.2) is 71.9 Å². The molecule has 0 saturated carbocycles. The maximum Gasteiger partial charge on any atom is 0.435 e. The molecule has 20 nitrogen and oxygen atoms in total. The number of anilines is 4. The summed E-state index contributed by atoms with van der Waals surface area (Å²) in [5.74, 6) is 0.596. The van der Waals surface area contributed by atoms with E-state index in [-0.39, 0.29) is 33.0 Å². The van der Waals surface area contributed by atoms with Gasteiger partial charge in [0.05, 0.1) is 54.7 Å². The number of nitrogens with zero attached hydrogens (tertiary/aromatic N) is 10. The number of aromatic nitrogens is 8. The maximum atomic E-state index is 13.4. The number of non-ortho nitro benzene ring substituents is 2. The van der Waals surface area contributed by atoms with Gasteiger partial charge in [0.25, 0.3) is 11.4 Å². The van der Waals surface area contributed by atoms with Crippen molar-refractivity contribution in [1.29, 1.82) is 0 Å². The van der Waals surface area contributed by atoms with Crippen molar-refractivity contribution in [2.75, 3.05) is 10.2 Å². The molecule has 4 aromatic heterocycles. The molecule has 0 unspecified atom stereocenters. The zero-order valence-electron chi connectivity index (χ0n) is 34.4.